The molecule has 3 nitrogen and oxygen atoms in total. The van der Waals surface area contributed by atoms with Crippen LogP contribution in [-0.2, 0) is 9.59 Å². The lowest BCUT2D eigenvalue weighted by Crippen LogP contribution is -2.25. The van der Waals surface area contributed by atoms with Crippen molar-refractivity contribution in [2.24, 2.45) is 0 Å². The van der Waals surface area contributed by atoms with Gasteiger partial charge in [-0.2, -0.15) is 0 Å². The zero-order chi connectivity index (χ0) is 7.07. The number of hydrogen-bond donors (Lipinski definition) is 1. The first-order valence-electron chi connectivity index (χ1n) is 2.26. The molecule has 50 valence electrons. The van der Waals surface area contributed by atoms with Gasteiger partial charge in [-0.3, -0.25) is 14.3 Å². The average molecular weight is 166 g/mol. The molecule has 0 bridgehead atoms. The van der Waals surface area contributed by atoms with Gasteiger partial charge in [-0.05, 0) is 18.9 Å². The fourth-order valence-electron chi connectivity index (χ4n) is 0.438. The number of carbonyl (C=O) groups excluding carboxylic acids is 2. The second-order valence-corrected chi connectivity index (χ2v) is 3.98. The van der Waals surface area contributed by atoms with E-state index in [0.717, 1.165) is 11.9 Å². The lowest BCUT2D eigenvalue weighted by Gasteiger charge is -2.04. The molecule has 0 aliphatic carbocycles. The average Bonchev–Trinajstić information content (AvgIpc) is 1.97. The SMILES string of the molecule is CC1(Cl)SNC(=O)C1=O. The van der Waals surface area contributed by atoms with E-state index in [2.05, 4.69) is 4.72 Å². The van der Waals surface area contributed by atoms with Gasteiger partial charge in [-0.1, -0.05) is 11.6 Å². The molecule has 9 heavy (non-hydrogen) atoms. The zero-order valence-electron chi connectivity index (χ0n) is 4.60. The number of alkyl halides is 1. The highest BCUT2D eigenvalue weighted by Crippen LogP contribution is 2.32. The highest BCUT2D eigenvalue weighted by molar-refractivity contribution is 8.02. The molecule has 1 unspecified atom stereocenters. The number of ketones is 1. The van der Waals surface area contributed by atoms with Crippen molar-refractivity contribution in [2.75, 3.05) is 0 Å². The highest BCUT2D eigenvalue weighted by atomic mass is 35.5. The van der Waals surface area contributed by atoms with Gasteiger partial charge in [0.2, 0.25) is 0 Å². The Morgan fingerprint density at radius 2 is 2.22 bits per heavy atom. The van der Waals surface area contributed by atoms with Crippen LogP contribution in [0.5, 0.6) is 0 Å². The Morgan fingerprint density at radius 1 is 1.67 bits per heavy atom. The summed E-state index contributed by atoms with van der Waals surface area (Å²) in [4.78, 5) is 21.1. The molecule has 1 rings (SSSR count). The number of amides is 1. The van der Waals surface area contributed by atoms with Crippen molar-refractivity contribution >= 4 is 35.2 Å². The summed E-state index contributed by atoms with van der Waals surface area (Å²) in [5, 5.41) is 0. The first kappa shape index (κ1) is 6.89. The summed E-state index contributed by atoms with van der Waals surface area (Å²) in [6.07, 6.45) is 0. The van der Waals surface area contributed by atoms with Crippen LogP contribution in [0.25, 0.3) is 0 Å². The lowest BCUT2D eigenvalue weighted by molar-refractivity contribution is -0.135. The van der Waals surface area contributed by atoms with Crippen LogP contribution in [0.15, 0.2) is 0 Å². The van der Waals surface area contributed by atoms with E-state index in [9.17, 15) is 9.59 Å². The summed E-state index contributed by atoms with van der Waals surface area (Å²) >= 11 is 6.48. The Balaban J connectivity index is 2.86. The van der Waals surface area contributed by atoms with Crippen molar-refractivity contribution in [2.45, 2.75) is 11.1 Å². The summed E-state index contributed by atoms with van der Waals surface area (Å²) < 4.78 is 1.17. The summed E-state index contributed by atoms with van der Waals surface area (Å²) in [6.45, 7) is 1.49. The van der Waals surface area contributed by atoms with Crippen LogP contribution in [0.3, 0.4) is 0 Å². The second-order valence-electron chi connectivity index (χ2n) is 1.78. The fourth-order valence-corrected chi connectivity index (χ4v) is 1.20. The van der Waals surface area contributed by atoms with Gasteiger partial charge >= 0.3 is 0 Å². The number of hydrogen-bond acceptors (Lipinski definition) is 3. The quantitative estimate of drug-likeness (QED) is 0.319. The van der Waals surface area contributed by atoms with Gasteiger partial charge in [0.15, 0.2) is 4.21 Å². The standard InChI is InChI=1S/C4H4ClNO2S/c1-4(5)2(7)3(8)6-9-4/h1H3,(H,6,8). The molecule has 1 amide bonds. The molecular weight excluding hydrogens is 162 g/mol. The number of carbonyl (C=O) groups is 2. The Hall–Kier alpha value is -0.220. The largest absolute Gasteiger partial charge is 0.300 e. The van der Waals surface area contributed by atoms with E-state index in [1.165, 1.54) is 6.92 Å². The molecule has 1 heterocycles. The van der Waals surface area contributed by atoms with Gasteiger partial charge in [-0.15, -0.1) is 0 Å². The molecule has 1 aliphatic rings. The molecule has 0 aromatic rings. The van der Waals surface area contributed by atoms with Crippen LogP contribution in [0.4, 0.5) is 0 Å². The third-order valence-electron chi connectivity index (χ3n) is 0.947. The third kappa shape index (κ3) is 1.04. The number of nitrogens with one attached hydrogen (secondary N) is 1. The molecule has 1 aliphatic heterocycles. The molecule has 1 fully saturated rings. The normalized spacial score (nSPS) is 34.9. The first-order chi connectivity index (χ1) is 4.04. The predicted molar refractivity (Wildman–Crippen MR) is 35.0 cm³/mol. The Bertz CT molecular complexity index is 179. The van der Waals surface area contributed by atoms with Crippen molar-refractivity contribution < 1.29 is 9.59 Å². The van der Waals surface area contributed by atoms with Crippen LogP contribution < -0.4 is 4.72 Å². The molecule has 5 heteroatoms. The molecule has 0 radical (unpaired) electrons. The van der Waals surface area contributed by atoms with Gasteiger partial charge in [0.25, 0.3) is 11.7 Å². The minimum absolute atomic E-state index is 0.575. The summed E-state index contributed by atoms with van der Waals surface area (Å²) in [6, 6.07) is 0. The van der Waals surface area contributed by atoms with Crippen molar-refractivity contribution in [1.82, 2.24) is 4.72 Å². The molecule has 0 aromatic heterocycles. The molecule has 0 saturated carbocycles. The highest BCUT2D eigenvalue weighted by Gasteiger charge is 2.43. The molecular formula is C4H4ClNO2S. The van der Waals surface area contributed by atoms with E-state index in [1.807, 2.05) is 0 Å². The van der Waals surface area contributed by atoms with Crippen molar-refractivity contribution in [3.63, 3.8) is 0 Å². The van der Waals surface area contributed by atoms with E-state index in [4.69, 9.17) is 11.6 Å². The van der Waals surface area contributed by atoms with Crippen LogP contribution in [0, 0.1) is 0 Å². The maximum Gasteiger partial charge on any atom is 0.300 e. The van der Waals surface area contributed by atoms with E-state index >= 15 is 0 Å². The predicted octanol–water partition coefficient (Wildman–Crippen LogP) is 0.288. The van der Waals surface area contributed by atoms with Crippen LogP contribution >= 0.6 is 23.5 Å². The number of rotatable bonds is 0. The molecule has 0 aromatic carbocycles. The molecule has 0 spiro atoms. The maximum atomic E-state index is 10.7. The fraction of sp³-hybridized carbons (Fsp3) is 0.500. The topological polar surface area (TPSA) is 46.2 Å². The minimum Gasteiger partial charge on any atom is -0.292 e. The van der Waals surface area contributed by atoms with E-state index in [-0.39, 0.29) is 0 Å². The smallest absolute Gasteiger partial charge is 0.292 e. The summed E-state index contributed by atoms with van der Waals surface area (Å²) in [5.41, 5.74) is 0. The zero-order valence-corrected chi connectivity index (χ0v) is 6.18. The Kier molecular flexibility index (Phi) is 1.44. The Labute approximate surface area is 61.3 Å². The van der Waals surface area contributed by atoms with Crippen LogP contribution in [0.1, 0.15) is 6.92 Å². The monoisotopic (exact) mass is 165 g/mol. The van der Waals surface area contributed by atoms with Crippen LogP contribution in [-0.4, -0.2) is 15.9 Å². The first-order valence-corrected chi connectivity index (χ1v) is 3.45. The number of halogens is 1. The number of Topliss-reactive ketones (excluding diaryl/α,β-unsaturated/α-hetero) is 1. The van der Waals surface area contributed by atoms with Gasteiger partial charge in [0, 0.05) is 0 Å². The van der Waals surface area contributed by atoms with Crippen molar-refractivity contribution in [1.29, 1.82) is 0 Å². The second kappa shape index (κ2) is 1.88. The van der Waals surface area contributed by atoms with Crippen molar-refractivity contribution in [3.8, 4) is 0 Å². The summed E-state index contributed by atoms with van der Waals surface area (Å²) in [5.74, 6) is -1.19. The molecule has 1 saturated heterocycles. The maximum absolute atomic E-state index is 10.7. The van der Waals surface area contributed by atoms with Gasteiger partial charge in [-0.25, -0.2) is 0 Å². The lowest BCUT2D eigenvalue weighted by atomic mass is 10.3. The van der Waals surface area contributed by atoms with Crippen molar-refractivity contribution in [3.05, 3.63) is 0 Å². The van der Waals surface area contributed by atoms with E-state index in [1.54, 1.807) is 0 Å². The minimum atomic E-state index is -1.09. The molecule has 1 N–H and O–H groups in total. The third-order valence-corrected chi connectivity index (χ3v) is 2.21. The van der Waals surface area contributed by atoms with Crippen LogP contribution in [0.2, 0.25) is 0 Å². The van der Waals surface area contributed by atoms with Gasteiger partial charge in [0.05, 0.1) is 0 Å². The van der Waals surface area contributed by atoms with E-state index in [0.29, 0.717) is 0 Å². The molecule has 1 atom stereocenters. The summed E-state index contributed by atoms with van der Waals surface area (Å²) in [7, 11) is 0. The van der Waals surface area contributed by atoms with E-state index < -0.39 is 15.9 Å². The van der Waals surface area contributed by atoms with Gasteiger partial charge < -0.3 is 0 Å². The Morgan fingerprint density at radius 3 is 2.33 bits per heavy atom. The van der Waals surface area contributed by atoms with Gasteiger partial charge in [0.1, 0.15) is 0 Å².